The molecule has 8 heteroatoms. The van der Waals surface area contributed by atoms with Crippen LogP contribution in [0.3, 0.4) is 0 Å². The fraction of sp³-hybridized carbons (Fsp3) is 0.133. The minimum absolute atomic E-state index is 0.0986. The van der Waals surface area contributed by atoms with E-state index in [4.69, 9.17) is 0 Å². The van der Waals surface area contributed by atoms with Gasteiger partial charge in [0.2, 0.25) is 0 Å². The van der Waals surface area contributed by atoms with E-state index in [2.05, 4.69) is 27.4 Å². The summed E-state index contributed by atoms with van der Waals surface area (Å²) in [5.41, 5.74) is -0.449. The summed E-state index contributed by atoms with van der Waals surface area (Å²) in [6.07, 6.45) is -2.90. The number of hydrogen-bond donors (Lipinski definition) is 2. The van der Waals surface area contributed by atoms with Gasteiger partial charge < -0.3 is 10.6 Å². The molecule has 5 nitrogen and oxygen atoms in total. The molecule has 2 rings (SSSR count). The molecule has 1 amide bonds. The zero-order valence-corrected chi connectivity index (χ0v) is 11.9. The summed E-state index contributed by atoms with van der Waals surface area (Å²) in [6, 6.07) is 7.57. The van der Waals surface area contributed by atoms with Gasteiger partial charge in [-0.2, -0.15) is 13.2 Å². The lowest BCUT2D eigenvalue weighted by molar-refractivity contribution is -0.137. The van der Waals surface area contributed by atoms with Gasteiger partial charge in [0.25, 0.3) is 5.91 Å². The zero-order valence-electron chi connectivity index (χ0n) is 11.9. The summed E-state index contributed by atoms with van der Waals surface area (Å²) < 4.78 is 37.9. The molecule has 0 saturated carbocycles. The van der Waals surface area contributed by atoms with Gasteiger partial charge in [0, 0.05) is 12.2 Å². The number of hydrogen-bond acceptors (Lipinski definition) is 4. The van der Waals surface area contributed by atoms with Gasteiger partial charge in [-0.05, 0) is 30.3 Å². The van der Waals surface area contributed by atoms with Crippen molar-refractivity contribution in [2.45, 2.75) is 6.18 Å². The van der Waals surface area contributed by atoms with Gasteiger partial charge in [-0.3, -0.25) is 4.79 Å². The molecule has 1 heterocycles. The second kappa shape index (κ2) is 6.91. The fourth-order valence-corrected chi connectivity index (χ4v) is 1.70. The van der Waals surface area contributed by atoms with Gasteiger partial charge in [0.15, 0.2) is 11.5 Å². The number of aromatic nitrogens is 2. The summed E-state index contributed by atoms with van der Waals surface area (Å²) in [5.74, 6) is -0.187. The Morgan fingerprint density at radius 3 is 2.61 bits per heavy atom. The minimum Gasteiger partial charge on any atom is -0.347 e. The first-order valence-corrected chi connectivity index (χ1v) is 6.57. The third-order valence-corrected chi connectivity index (χ3v) is 2.77. The molecule has 23 heavy (non-hydrogen) atoms. The Kier molecular flexibility index (Phi) is 4.95. The number of carbonyl (C=O) groups excluding carboxylic acids is 1. The van der Waals surface area contributed by atoms with Crippen molar-refractivity contribution in [1.82, 2.24) is 15.5 Å². The van der Waals surface area contributed by atoms with E-state index >= 15 is 0 Å². The number of anilines is 2. The molecule has 2 aromatic rings. The lowest BCUT2D eigenvalue weighted by Crippen LogP contribution is -2.24. The molecule has 0 aliphatic carbocycles. The molecule has 0 aliphatic rings. The maximum atomic E-state index is 12.6. The van der Waals surface area contributed by atoms with Gasteiger partial charge >= 0.3 is 6.18 Å². The number of benzene rings is 1. The van der Waals surface area contributed by atoms with Crippen LogP contribution < -0.4 is 10.6 Å². The van der Waals surface area contributed by atoms with Crippen molar-refractivity contribution < 1.29 is 18.0 Å². The van der Waals surface area contributed by atoms with E-state index in [9.17, 15) is 18.0 Å². The SMILES string of the molecule is C=CCNC(=O)c1ccc(Nc2cccc(C(F)(F)F)c2)nn1. The highest BCUT2D eigenvalue weighted by atomic mass is 19.4. The van der Waals surface area contributed by atoms with Crippen LogP contribution in [-0.2, 0) is 6.18 Å². The van der Waals surface area contributed by atoms with Crippen LogP contribution in [0.15, 0.2) is 49.1 Å². The van der Waals surface area contributed by atoms with E-state index in [-0.39, 0.29) is 17.2 Å². The van der Waals surface area contributed by atoms with Crippen LogP contribution in [0.25, 0.3) is 0 Å². The molecule has 1 aromatic heterocycles. The van der Waals surface area contributed by atoms with Gasteiger partial charge in [-0.1, -0.05) is 12.1 Å². The van der Waals surface area contributed by atoms with Crippen LogP contribution in [0.4, 0.5) is 24.7 Å². The van der Waals surface area contributed by atoms with E-state index in [0.29, 0.717) is 6.54 Å². The average Bonchev–Trinajstić information content (AvgIpc) is 2.53. The summed E-state index contributed by atoms with van der Waals surface area (Å²) in [5, 5.41) is 12.7. The van der Waals surface area contributed by atoms with E-state index < -0.39 is 17.6 Å². The number of nitrogens with zero attached hydrogens (tertiary/aromatic N) is 2. The number of nitrogens with one attached hydrogen (secondary N) is 2. The monoisotopic (exact) mass is 322 g/mol. The van der Waals surface area contributed by atoms with Crippen molar-refractivity contribution in [1.29, 1.82) is 0 Å². The fourth-order valence-electron chi connectivity index (χ4n) is 1.70. The largest absolute Gasteiger partial charge is 0.416 e. The first kappa shape index (κ1) is 16.5. The predicted molar refractivity (Wildman–Crippen MR) is 79.3 cm³/mol. The second-order valence-corrected chi connectivity index (χ2v) is 4.51. The zero-order chi connectivity index (χ0) is 16.9. The average molecular weight is 322 g/mol. The predicted octanol–water partition coefficient (Wildman–Crippen LogP) is 3.15. The number of amides is 1. The van der Waals surface area contributed by atoms with Crippen LogP contribution in [0, 0.1) is 0 Å². The molecule has 0 radical (unpaired) electrons. The molecule has 0 bridgehead atoms. The van der Waals surface area contributed by atoms with Gasteiger partial charge in [0.05, 0.1) is 5.56 Å². The molecule has 0 aliphatic heterocycles. The first-order chi connectivity index (χ1) is 10.9. The number of halogens is 3. The molecule has 0 atom stereocenters. The first-order valence-electron chi connectivity index (χ1n) is 6.57. The maximum Gasteiger partial charge on any atom is 0.416 e. The van der Waals surface area contributed by atoms with Crippen molar-refractivity contribution >= 4 is 17.4 Å². The van der Waals surface area contributed by atoms with E-state index in [1.807, 2.05) is 0 Å². The Morgan fingerprint density at radius 2 is 2.00 bits per heavy atom. The van der Waals surface area contributed by atoms with Crippen LogP contribution in [-0.4, -0.2) is 22.6 Å². The summed E-state index contributed by atoms with van der Waals surface area (Å²) in [7, 11) is 0. The molecule has 1 aromatic carbocycles. The molecular weight excluding hydrogens is 309 g/mol. The molecule has 0 spiro atoms. The van der Waals surface area contributed by atoms with E-state index in [0.717, 1.165) is 12.1 Å². The van der Waals surface area contributed by atoms with Crippen molar-refractivity contribution in [3.63, 3.8) is 0 Å². The summed E-state index contributed by atoms with van der Waals surface area (Å²) in [6.45, 7) is 3.77. The van der Waals surface area contributed by atoms with Crippen molar-refractivity contribution in [3.8, 4) is 0 Å². The lowest BCUT2D eigenvalue weighted by atomic mass is 10.2. The van der Waals surface area contributed by atoms with Crippen LogP contribution in [0.5, 0.6) is 0 Å². The highest BCUT2D eigenvalue weighted by Gasteiger charge is 2.30. The number of alkyl halides is 3. The molecule has 0 fully saturated rings. The molecule has 0 saturated heterocycles. The smallest absolute Gasteiger partial charge is 0.347 e. The number of carbonyl (C=O) groups is 1. The van der Waals surface area contributed by atoms with E-state index in [1.165, 1.54) is 30.3 Å². The minimum atomic E-state index is -4.42. The Labute approximate surface area is 130 Å². The Morgan fingerprint density at radius 1 is 1.22 bits per heavy atom. The van der Waals surface area contributed by atoms with Gasteiger partial charge in [-0.15, -0.1) is 16.8 Å². The Balaban J connectivity index is 2.09. The molecule has 2 N–H and O–H groups in total. The standard InChI is InChI=1S/C15H13F3N4O/c1-2-8-19-14(23)12-6-7-13(22-21-12)20-11-5-3-4-10(9-11)15(16,17)18/h2-7,9H,1,8H2,(H,19,23)(H,20,22). The van der Waals surface area contributed by atoms with Crippen molar-refractivity contribution in [2.75, 3.05) is 11.9 Å². The van der Waals surface area contributed by atoms with Gasteiger partial charge in [0.1, 0.15) is 0 Å². The molecular formula is C15H13F3N4O. The third-order valence-electron chi connectivity index (χ3n) is 2.77. The topological polar surface area (TPSA) is 66.9 Å². The van der Waals surface area contributed by atoms with Crippen LogP contribution >= 0.6 is 0 Å². The summed E-state index contributed by atoms with van der Waals surface area (Å²) >= 11 is 0. The molecule has 0 unspecified atom stereocenters. The highest BCUT2D eigenvalue weighted by molar-refractivity contribution is 5.92. The van der Waals surface area contributed by atoms with E-state index in [1.54, 1.807) is 0 Å². The maximum absolute atomic E-state index is 12.6. The lowest BCUT2D eigenvalue weighted by Gasteiger charge is -2.10. The third kappa shape index (κ3) is 4.53. The van der Waals surface area contributed by atoms with Crippen molar-refractivity contribution in [3.05, 3.63) is 60.3 Å². The summed E-state index contributed by atoms with van der Waals surface area (Å²) in [4.78, 5) is 11.6. The second-order valence-electron chi connectivity index (χ2n) is 4.51. The van der Waals surface area contributed by atoms with Gasteiger partial charge in [-0.25, -0.2) is 0 Å². The Hall–Kier alpha value is -2.90. The molecule has 120 valence electrons. The highest BCUT2D eigenvalue weighted by Crippen LogP contribution is 2.31. The normalized spacial score (nSPS) is 10.9. The number of rotatable bonds is 5. The van der Waals surface area contributed by atoms with Crippen LogP contribution in [0.1, 0.15) is 16.1 Å². The van der Waals surface area contributed by atoms with Crippen molar-refractivity contribution in [2.24, 2.45) is 0 Å². The Bertz CT molecular complexity index is 699. The quantitative estimate of drug-likeness (QED) is 0.830. The van der Waals surface area contributed by atoms with Crippen LogP contribution in [0.2, 0.25) is 0 Å².